The van der Waals surface area contributed by atoms with Crippen molar-refractivity contribution in [3.63, 3.8) is 0 Å². The number of halogens is 2. The van der Waals surface area contributed by atoms with Crippen LogP contribution in [0.4, 0.5) is 5.82 Å². The lowest BCUT2D eigenvalue weighted by Crippen LogP contribution is -2.23. The number of nitrogens with one attached hydrogen (secondary N) is 1. The molecule has 1 aromatic carbocycles. The lowest BCUT2D eigenvalue weighted by molar-refractivity contribution is 0.581. The van der Waals surface area contributed by atoms with Crippen LogP contribution in [-0.2, 0) is 23.6 Å². The molecule has 0 aliphatic rings. The van der Waals surface area contributed by atoms with Crippen LogP contribution in [0, 0.1) is 0 Å². The smallest absolute Gasteiger partial charge is 0.242 e. The molecule has 108 valence electrons. The zero-order valence-corrected chi connectivity index (χ0v) is 13.6. The minimum atomic E-state index is -3.71. The van der Waals surface area contributed by atoms with Crippen molar-refractivity contribution in [2.75, 3.05) is 5.73 Å². The standard InChI is InChI=1S/C11H12BrClN4O2S/c1-17-11(14)7(5-15-17)6-16-20(18,19)10-3-2-8(12)4-9(10)13/h2-5,16H,6,14H2,1H3. The third-order valence-corrected chi connectivity index (χ3v) is 5.08. The summed E-state index contributed by atoms with van der Waals surface area (Å²) in [4.78, 5) is 0.0184. The molecule has 0 saturated carbocycles. The average Bonchev–Trinajstić information content (AvgIpc) is 2.67. The van der Waals surface area contributed by atoms with Crippen LogP contribution in [-0.4, -0.2) is 18.2 Å². The topological polar surface area (TPSA) is 90.0 Å². The van der Waals surface area contributed by atoms with E-state index in [1.807, 2.05) is 0 Å². The van der Waals surface area contributed by atoms with Gasteiger partial charge in [-0.2, -0.15) is 5.10 Å². The Kier molecular flexibility index (Phi) is 4.38. The Bertz CT molecular complexity index is 745. The maximum atomic E-state index is 12.2. The van der Waals surface area contributed by atoms with E-state index in [9.17, 15) is 8.42 Å². The lowest BCUT2D eigenvalue weighted by Gasteiger charge is -2.08. The summed E-state index contributed by atoms with van der Waals surface area (Å²) in [6.07, 6.45) is 1.51. The molecule has 1 aromatic heterocycles. The Hall–Kier alpha value is -1.09. The number of hydrogen-bond donors (Lipinski definition) is 2. The summed E-state index contributed by atoms with van der Waals surface area (Å²) in [5.41, 5.74) is 6.35. The SMILES string of the molecule is Cn1ncc(CNS(=O)(=O)c2ccc(Br)cc2Cl)c1N. The van der Waals surface area contributed by atoms with Crippen LogP contribution >= 0.6 is 27.5 Å². The molecule has 0 bridgehead atoms. The highest BCUT2D eigenvalue weighted by molar-refractivity contribution is 9.10. The molecular weight excluding hydrogens is 368 g/mol. The Balaban J connectivity index is 2.21. The van der Waals surface area contributed by atoms with Crippen LogP contribution in [0.5, 0.6) is 0 Å². The summed E-state index contributed by atoms with van der Waals surface area (Å²) in [6.45, 7) is 0.0500. The molecule has 6 nitrogen and oxygen atoms in total. The number of aromatic nitrogens is 2. The van der Waals surface area contributed by atoms with Gasteiger partial charge in [-0.05, 0) is 18.2 Å². The average molecular weight is 380 g/mol. The van der Waals surface area contributed by atoms with E-state index >= 15 is 0 Å². The van der Waals surface area contributed by atoms with Gasteiger partial charge in [0, 0.05) is 23.6 Å². The molecule has 2 aromatic rings. The van der Waals surface area contributed by atoms with E-state index in [0.29, 0.717) is 15.9 Å². The first kappa shape index (κ1) is 15.3. The molecule has 0 saturated heterocycles. The van der Waals surface area contributed by atoms with Gasteiger partial charge in [-0.25, -0.2) is 13.1 Å². The molecule has 0 atom stereocenters. The molecule has 2 rings (SSSR count). The molecule has 9 heteroatoms. The zero-order valence-electron chi connectivity index (χ0n) is 10.5. The summed E-state index contributed by atoms with van der Waals surface area (Å²) < 4.78 is 29.0. The number of benzene rings is 1. The highest BCUT2D eigenvalue weighted by atomic mass is 79.9. The van der Waals surface area contributed by atoms with E-state index in [1.54, 1.807) is 13.1 Å². The van der Waals surface area contributed by atoms with Crippen molar-refractivity contribution in [2.24, 2.45) is 7.05 Å². The largest absolute Gasteiger partial charge is 0.384 e. The van der Waals surface area contributed by atoms with Crippen LogP contribution in [0.15, 0.2) is 33.8 Å². The van der Waals surface area contributed by atoms with Gasteiger partial charge in [0.15, 0.2) is 0 Å². The molecule has 0 unspecified atom stereocenters. The van der Waals surface area contributed by atoms with Gasteiger partial charge in [-0.15, -0.1) is 0 Å². The van der Waals surface area contributed by atoms with Crippen molar-refractivity contribution in [1.82, 2.24) is 14.5 Å². The van der Waals surface area contributed by atoms with Gasteiger partial charge in [0.05, 0.1) is 11.2 Å². The molecule has 0 spiro atoms. The number of aryl methyl sites for hydroxylation is 1. The van der Waals surface area contributed by atoms with Gasteiger partial charge >= 0.3 is 0 Å². The van der Waals surface area contributed by atoms with Gasteiger partial charge in [0.2, 0.25) is 10.0 Å². The van der Waals surface area contributed by atoms with Crippen molar-refractivity contribution < 1.29 is 8.42 Å². The number of sulfonamides is 1. The zero-order chi connectivity index (χ0) is 14.9. The third kappa shape index (κ3) is 3.14. The monoisotopic (exact) mass is 378 g/mol. The second-order valence-corrected chi connectivity index (χ2v) is 7.14. The minimum Gasteiger partial charge on any atom is -0.384 e. The van der Waals surface area contributed by atoms with E-state index in [-0.39, 0.29) is 16.5 Å². The molecule has 20 heavy (non-hydrogen) atoms. The first-order valence-electron chi connectivity index (χ1n) is 5.52. The number of nitrogen functional groups attached to an aromatic ring is 1. The fourth-order valence-corrected chi connectivity index (χ4v) is 3.61. The predicted molar refractivity (Wildman–Crippen MR) is 80.8 cm³/mol. The maximum absolute atomic E-state index is 12.2. The van der Waals surface area contributed by atoms with Crippen LogP contribution in [0.3, 0.4) is 0 Å². The van der Waals surface area contributed by atoms with Crippen molar-refractivity contribution in [3.8, 4) is 0 Å². The van der Waals surface area contributed by atoms with Gasteiger partial charge < -0.3 is 5.73 Å². The molecule has 0 amide bonds. The molecular formula is C11H12BrClN4O2S. The van der Waals surface area contributed by atoms with Crippen molar-refractivity contribution in [2.45, 2.75) is 11.4 Å². The van der Waals surface area contributed by atoms with Crippen molar-refractivity contribution >= 4 is 43.4 Å². The Morgan fingerprint density at radius 3 is 2.75 bits per heavy atom. The summed E-state index contributed by atoms with van der Waals surface area (Å²) in [5, 5.41) is 4.09. The van der Waals surface area contributed by atoms with Crippen molar-refractivity contribution in [3.05, 3.63) is 39.5 Å². The van der Waals surface area contributed by atoms with Crippen LogP contribution in [0.1, 0.15) is 5.56 Å². The number of nitrogens with two attached hydrogens (primary N) is 1. The molecule has 3 N–H and O–H groups in total. The van der Waals surface area contributed by atoms with Gasteiger partial charge in [-0.1, -0.05) is 27.5 Å². The first-order valence-corrected chi connectivity index (χ1v) is 8.18. The maximum Gasteiger partial charge on any atom is 0.242 e. The molecule has 0 aliphatic heterocycles. The quantitative estimate of drug-likeness (QED) is 0.849. The van der Waals surface area contributed by atoms with Crippen molar-refractivity contribution in [1.29, 1.82) is 0 Å². The van der Waals surface area contributed by atoms with E-state index in [4.69, 9.17) is 17.3 Å². The second-order valence-electron chi connectivity index (χ2n) is 4.08. The normalized spacial score (nSPS) is 11.8. The minimum absolute atomic E-state index is 0.0184. The van der Waals surface area contributed by atoms with Gasteiger partial charge in [-0.3, -0.25) is 4.68 Å². The Morgan fingerprint density at radius 1 is 1.50 bits per heavy atom. The van der Waals surface area contributed by atoms with E-state index in [2.05, 4.69) is 25.8 Å². The van der Waals surface area contributed by atoms with Crippen LogP contribution in [0.25, 0.3) is 0 Å². The first-order chi connectivity index (χ1) is 9.31. The van der Waals surface area contributed by atoms with Gasteiger partial charge in [0.25, 0.3) is 0 Å². The summed E-state index contributed by atoms with van der Waals surface area (Å²) in [7, 11) is -2.03. The van der Waals surface area contributed by atoms with E-state index < -0.39 is 10.0 Å². The fourth-order valence-electron chi connectivity index (χ4n) is 1.57. The highest BCUT2D eigenvalue weighted by Crippen LogP contribution is 2.25. The Morgan fingerprint density at radius 2 is 2.20 bits per heavy atom. The van der Waals surface area contributed by atoms with Crippen LogP contribution in [0.2, 0.25) is 5.02 Å². The summed E-state index contributed by atoms with van der Waals surface area (Å²) in [6, 6.07) is 4.56. The van der Waals surface area contributed by atoms with Crippen LogP contribution < -0.4 is 10.5 Å². The molecule has 0 radical (unpaired) electrons. The highest BCUT2D eigenvalue weighted by Gasteiger charge is 2.18. The van der Waals surface area contributed by atoms with E-state index in [0.717, 1.165) is 0 Å². The fraction of sp³-hybridized carbons (Fsp3) is 0.182. The molecule has 0 fully saturated rings. The number of hydrogen-bond acceptors (Lipinski definition) is 4. The van der Waals surface area contributed by atoms with Gasteiger partial charge in [0.1, 0.15) is 10.7 Å². The second kappa shape index (κ2) is 5.72. The number of anilines is 1. The third-order valence-electron chi connectivity index (χ3n) is 2.70. The number of rotatable bonds is 4. The summed E-state index contributed by atoms with van der Waals surface area (Å²) >= 11 is 9.16. The molecule has 0 aliphatic carbocycles. The lowest BCUT2D eigenvalue weighted by atomic mass is 10.3. The van der Waals surface area contributed by atoms with E-state index in [1.165, 1.54) is 23.0 Å². The predicted octanol–water partition coefficient (Wildman–Crippen LogP) is 1.90. The number of nitrogens with zero attached hydrogens (tertiary/aromatic N) is 2. The summed E-state index contributed by atoms with van der Waals surface area (Å²) in [5.74, 6) is 0.412. The molecule has 1 heterocycles. The Labute approximate surface area is 130 Å².